The molecule has 0 heterocycles. The summed E-state index contributed by atoms with van der Waals surface area (Å²) in [6.45, 7) is 0. The summed E-state index contributed by atoms with van der Waals surface area (Å²) in [5.41, 5.74) is 3.56. The second-order valence-corrected chi connectivity index (χ2v) is 3.44. The highest BCUT2D eigenvalue weighted by Gasteiger charge is 2.02. The molecule has 0 bridgehead atoms. The Morgan fingerprint density at radius 2 is 2.12 bits per heavy atom. The van der Waals surface area contributed by atoms with Gasteiger partial charge in [0.1, 0.15) is 0 Å². The Labute approximate surface area is 98.3 Å². The number of hydrogen-bond donors (Lipinski definition) is 1. The maximum absolute atomic E-state index is 10.4. The Bertz CT molecular complexity index is 365. The van der Waals surface area contributed by atoms with Gasteiger partial charge in [-0.25, -0.2) is 0 Å². The number of nitrogens with zero attached hydrogens (tertiary/aromatic N) is 2. The molecule has 0 aliphatic heterocycles. The zero-order valence-corrected chi connectivity index (χ0v) is 9.35. The van der Waals surface area contributed by atoms with Gasteiger partial charge in [0.05, 0.1) is 10.6 Å². The van der Waals surface area contributed by atoms with Crippen molar-refractivity contribution in [1.29, 1.82) is 0 Å². The minimum absolute atomic E-state index is 0.0664. The van der Waals surface area contributed by atoms with Crippen LogP contribution in [0.2, 0.25) is 0 Å². The number of hydrogen-bond acceptors (Lipinski definition) is 4. The maximum Gasteiger partial charge on any atom is 0.269 e. The summed E-state index contributed by atoms with van der Waals surface area (Å²) in [4.78, 5) is 9.95. The number of benzene rings is 1. The predicted molar refractivity (Wildman–Crippen MR) is 65.2 cm³/mol. The van der Waals surface area contributed by atoms with Gasteiger partial charge in [0.2, 0.25) is 0 Å². The van der Waals surface area contributed by atoms with Crippen molar-refractivity contribution in [2.24, 2.45) is 5.10 Å². The highest BCUT2D eigenvalue weighted by molar-refractivity contribution is 6.17. The molecule has 0 saturated carbocycles. The van der Waals surface area contributed by atoms with E-state index < -0.39 is 4.92 Å². The molecule has 1 aromatic carbocycles. The van der Waals surface area contributed by atoms with E-state index in [1.165, 1.54) is 12.1 Å². The Kier molecular flexibility index (Phi) is 5.28. The van der Waals surface area contributed by atoms with Crippen LogP contribution in [0.5, 0.6) is 0 Å². The Hall–Kier alpha value is -1.62. The third kappa shape index (κ3) is 4.27. The van der Waals surface area contributed by atoms with Crippen molar-refractivity contribution >= 4 is 29.2 Å². The lowest BCUT2D eigenvalue weighted by Crippen LogP contribution is -1.91. The van der Waals surface area contributed by atoms with E-state index >= 15 is 0 Å². The van der Waals surface area contributed by atoms with E-state index in [9.17, 15) is 10.1 Å². The van der Waals surface area contributed by atoms with Crippen LogP contribution in [0, 0.1) is 10.1 Å². The van der Waals surface area contributed by atoms with E-state index in [-0.39, 0.29) is 5.69 Å². The molecule has 0 aromatic heterocycles. The first-order chi connectivity index (χ1) is 7.74. The van der Waals surface area contributed by atoms with Gasteiger partial charge in [-0.15, -0.1) is 11.6 Å². The number of hydrazone groups is 1. The van der Waals surface area contributed by atoms with Crippen LogP contribution < -0.4 is 5.43 Å². The van der Waals surface area contributed by atoms with E-state index in [0.29, 0.717) is 11.6 Å². The lowest BCUT2D eigenvalue weighted by atomic mass is 10.3. The van der Waals surface area contributed by atoms with E-state index in [4.69, 9.17) is 11.6 Å². The molecule has 1 N–H and O–H groups in total. The SMILES string of the molecule is O=[N+]([O-])c1ccc(N/N=C/CCCCl)cc1. The van der Waals surface area contributed by atoms with Gasteiger partial charge >= 0.3 is 0 Å². The number of non-ortho nitro benzene ring substituents is 1. The third-order valence-corrected chi connectivity index (χ3v) is 2.10. The van der Waals surface area contributed by atoms with Crippen LogP contribution in [0.25, 0.3) is 0 Å². The average Bonchev–Trinajstić information content (AvgIpc) is 2.29. The molecule has 0 aliphatic carbocycles. The molecule has 1 rings (SSSR count). The first kappa shape index (κ1) is 12.4. The summed E-state index contributed by atoms with van der Waals surface area (Å²) < 4.78 is 0. The van der Waals surface area contributed by atoms with Gasteiger partial charge in [0, 0.05) is 24.2 Å². The molecule has 0 aliphatic rings. The van der Waals surface area contributed by atoms with Crippen molar-refractivity contribution in [3.05, 3.63) is 34.4 Å². The van der Waals surface area contributed by atoms with E-state index in [2.05, 4.69) is 10.5 Å². The van der Waals surface area contributed by atoms with Gasteiger partial charge in [0.15, 0.2) is 0 Å². The van der Waals surface area contributed by atoms with Crippen LogP contribution in [-0.4, -0.2) is 17.0 Å². The molecule has 5 nitrogen and oxygen atoms in total. The molecule has 86 valence electrons. The number of nitro benzene ring substituents is 1. The fourth-order valence-electron chi connectivity index (χ4n) is 1.01. The largest absolute Gasteiger partial charge is 0.279 e. The quantitative estimate of drug-likeness (QED) is 0.274. The molecule has 16 heavy (non-hydrogen) atoms. The zero-order chi connectivity index (χ0) is 11.8. The Morgan fingerprint density at radius 3 is 2.69 bits per heavy atom. The van der Waals surface area contributed by atoms with Gasteiger partial charge in [0.25, 0.3) is 5.69 Å². The number of nitro groups is 1. The highest BCUT2D eigenvalue weighted by atomic mass is 35.5. The Balaban J connectivity index is 2.43. The highest BCUT2D eigenvalue weighted by Crippen LogP contribution is 2.14. The van der Waals surface area contributed by atoms with Gasteiger partial charge in [-0.1, -0.05) is 0 Å². The van der Waals surface area contributed by atoms with Crippen molar-refractivity contribution in [3.8, 4) is 0 Å². The lowest BCUT2D eigenvalue weighted by molar-refractivity contribution is -0.384. The minimum atomic E-state index is -0.437. The van der Waals surface area contributed by atoms with E-state index in [1.54, 1.807) is 18.3 Å². The topological polar surface area (TPSA) is 67.5 Å². The van der Waals surface area contributed by atoms with Crippen molar-refractivity contribution < 1.29 is 4.92 Å². The molecule has 0 atom stereocenters. The number of halogens is 1. The first-order valence-corrected chi connectivity index (χ1v) is 5.35. The molecule has 0 unspecified atom stereocenters. The summed E-state index contributed by atoms with van der Waals surface area (Å²) in [5.74, 6) is 0.615. The molecule has 1 aromatic rings. The summed E-state index contributed by atoms with van der Waals surface area (Å²) in [6.07, 6.45) is 3.42. The number of rotatable bonds is 6. The van der Waals surface area contributed by atoms with Crippen LogP contribution in [0.3, 0.4) is 0 Å². The summed E-state index contributed by atoms with van der Waals surface area (Å²) in [5, 5.41) is 14.3. The van der Waals surface area contributed by atoms with Gasteiger partial charge in [-0.2, -0.15) is 5.10 Å². The number of unbranched alkanes of at least 4 members (excludes halogenated alkanes) is 1. The predicted octanol–water partition coefficient (Wildman–Crippen LogP) is 3.01. The van der Waals surface area contributed by atoms with Crippen LogP contribution in [0.1, 0.15) is 12.8 Å². The fraction of sp³-hybridized carbons (Fsp3) is 0.300. The van der Waals surface area contributed by atoms with Gasteiger partial charge < -0.3 is 0 Å². The van der Waals surface area contributed by atoms with E-state index in [0.717, 1.165) is 12.8 Å². The third-order valence-electron chi connectivity index (χ3n) is 1.83. The second kappa shape index (κ2) is 6.79. The maximum atomic E-state index is 10.4. The molecule has 0 radical (unpaired) electrons. The zero-order valence-electron chi connectivity index (χ0n) is 8.60. The monoisotopic (exact) mass is 241 g/mol. The van der Waals surface area contributed by atoms with Crippen molar-refractivity contribution in [2.45, 2.75) is 12.8 Å². The van der Waals surface area contributed by atoms with Crippen LogP contribution in [-0.2, 0) is 0 Å². The molecule has 6 heteroatoms. The molecule has 0 spiro atoms. The fourth-order valence-corrected chi connectivity index (χ4v) is 1.17. The molecule has 0 fully saturated rings. The summed E-state index contributed by atoms with van der Waals surface area (Å²) in [6, 6.07) is 6.07. The number of nitrogens with one attached hydrogen (secondary N) is 1. The van der Waals surface area contributed by atoms with Crippen LogP contribution in [0.4, 0.5) is 11.4 Å². The standard InChI is InChI=1S/C10H12ClN3O2/c11-7-1-2-8-12-13-9-3-5-10(6-4-9)14(15)16/h3-6,8,13H,1-2,7H2/b12-8+. The summed E-state index contributed by atoms with van der Waals surface area (Å²) >= 11 is 5.50. The smallest absolute Gasteiger partial charge is 0.269 e. The normalized spacial score (nSPS) is 10.6. The van der Waals surface area contributed by atoms with Gasteiger partial charge in [-0.05, 0) is 25.0 Å². The second-order valence-electron chi connectivity index (χ2n) is 3.06. The van der Waals surface area contributed by atoms with Crippen molar-refractivity contribution in [3.63, 3.8) is 0 Å². The molecular weight excluding hydrogens is 230 g/mol. The molecule has 0 saturated heterocycles. The minimum Gasteiger partial charge on any atom is -0.279 e. The van der Waals surface area contributed by atoms with E-state index in [1.807, 2.05) is 0 Å². The first-order valence-electron chi connectivity index (χ1n) is 4.82. The van der Waals surface area contributed by atoms with Crippen LogP contribution >= 0.6 is 11.6 Å². The molecular formula is C10H12ClN3O2. The van der Waals surface area contributed by atoms with Gasteiger partial charge in [-0.3, -0.25) is 15.5 Å². The van der Waals surface area contributed by atoms with Crippen LogP contribution in [0.15, 0.2) is 29.4 Å². The van der Waals surface area contributed by atoms with Crippen molar-refractivity contribution in [2.75, 3.05) is 11.3 Å². The summed E-state index contributed by atoms with van der Waals surface area (Å²) in [7, 11) is 0. The number of anilines is 1. The molecule has 0 amide bonds. The average molecular weight is 242 g/mol. The Morgan fingerprint density at radius 1 is 1.44 bits per heavy atom. The lowest BCUT2D eigenvalue weighted by Gasteiger charge is -1.98. The van der Waals surface area contributed by atoms with Crippen molar-refractivity contribution in [1.82, 2.24) is 0 Å². The number of alkyl halides is 1.